The first-order valence-corrected chi connectivity index (χ1v) is 6.58. The summed E-state index contributed by atoms with van der Waals surface area (Å²) in [6.07, 6.45) is 2.70. The van der Waals surface area contributed by atoms with Crippen molar-refractivity contribution in [3.05, 3.63) is 34.3 Å². The minimum absolute atomic E-state index is 0.503. The molecule has 0 amide bonds. The van der Waals surface area contributed by atoms with Gasteiger partial charge in [-0.05, 0) is 36.5 Å². The van der Waals surface area contributed by atoms with Crippen molar-refractivity contribution in [2.24, 2.45) is 5.92 Å². The van der Waals surface area contributed by atoms with Crippen LogP contribution < -0.4 is 5.32 Å². The topological polar surface area (TPSA) is 21.3 Å². The monoisotopic (exact) mass is 283 g/mol. The van der Waals surface area contributed by atoms with Crippen molar-refractivity contribution in [3.63, 3.8) is 0 Å². The van der Waals surface area contributed by atoms with Gasteiger partial charge in [-0.2, -0.15) is 0 Å². The molecule has 1 aromatic rings. The van der Waals surface area contributed by atoms with E-state index >= 15 is 0 Å². The summed E-state index contributed by atoms with van der Waals surface area (Å²) in [5.41, 5.74) is 1.39. The Hall–Kier alpha value is -0.380. The summed E-state index contributed by atoms with van der Waals surface area (Å²) in [6.45, 7) is 1.70. The van der Waals surface area contributed by atoms with Crippen LogP contribution in [0.1, 0.15) is 24.4 Å². The molecule has 1 N–H and O–H groups in total. The Labute approximate surface area is 106 Å². The second-order valence-electron chi connectivity index (χ2n) is 4.31. The van der Waals surface area contributed by atoms with Gasteiger partial charge in [0.15, 0.2) is 0 Å². The van der Waals surface area contributed by atoms with E-state index in [9.17, 15) is 0 Å². The molecule has 0 bridgehead atoms. The van der Waals surface area contributed by atoms with E-state index in [1.165, 1.54) is 18.4 Å². The first-order valence-electron chi connectivity index (χ1n) is 5.79. The quantitative estimate of drug-likeness (QED) is 0.810. The second-order valence-corrected chi connectivity index (χ2v) is 5.23. The standard InChI is InChI=1S/C13H18BrNO/c1-16-9-8-15-13(10-2-3-10)11-4-6-12(14)7-5-11/h4-7,10,13,15H,2-3,8-9H2,1H3. The van der Waals surface area contributed by atoms with Crippen LogP contribution in [0.25, 0.3) is 0 Å². The van der Waals surface area contributed by atoms with Crippen molar-refractivity contribution in [2.45, 2.75) is 18.9 Å². The van der Waals surface area contributed by atoms with Gasteiger partial charge < -0.3 is 10.1 Å². The normalized spacial score (nSPS) is 17.4. The summed E-state index contributed by atoms with van der Waals surface area (Å²) in [4.78, 5) is 0. The third-order valence-corrected chi connectivity index (χ3v) is 3.52. The molecule has 16 heavy (non-hydrogen) atoms. The highest BCUT2D eigenvalue weighted by atomic mass is 79.9. The van der Waals surface area contributed by atoms with Crippen LogP contribution in [0.5, 0.6) is 0 Å². The summed E-state index contributed by atoms with van der Waals surface area (Å²) >= 11 is 3.47. The number of ether oxygens (including phenoxy) is 1. The third kappa shape index (κ3) is 3.30. The van der Waals surface area contributed by atoms with E-state index in [4.69, 9.17) is 4.74 Å². The summed E-state index contributed by atoms with van der Waals surface area (Å²) in [5.74, 6) is 0.818. The number of benzene rings is 1. The fourth-order valence-corrected chi connectivity index (χ4v) is 2.24. The molecular formula is C13H18BrNO. The molecule has 1 unspecified atom stereocenters. The Balaban J connectivity index is 1.98. The van der Waals surface area contributed by atoms with E-state index in [2.05, 4.69) is 45.5 Å². The smallest absolute Gasteiger partial charge is 0.0587 e. The summed E-state index contributed by atoms with van der Waals surface area (Å²) in [5, 5.41) is 3.58. The molecule has 1 aromatic carbocycles. The molecule has 0 heterocycles. The lowest BCUT2D eigenvalue weighted by molar-refractivity contribution is 0.194. The first kappa shape index (κ1) is 12.1. The Morgan fingerprint density at radius 2 is 2.06 bits per heavy atom. The highest BCUT2D eigenvalue weighted by molar-refractivity contribution is 9.10. The van der Waals surface area contributed by atoms with Crippen LogP contribution in [0.4, 0.5) is 0 Å². The average Bonchev–Trinajstić information content (AvgIpc) is 3.10. The fraction of sp³-hybridized carbons (Fsp3) is 0.538. The highest BCUT2D eigenvalue weighted by Gasteiger charge is 2.31. The minimum atomic E-state index is 0.503. The lowest BCUT2D eigenvalue weighted by Crippen LogP contribution is -2.26. The largest absolute Gasteiger partial charge is 0.383 e. The fourth-order valence-electron chi connectivity index (χ4n) is 1.97. The van der Waals surface area contributed by atoms with Gasteiger partial charge in [0.25, 0.3) is 0 Å². The van der Waals surface area contributed by atoms with Crippen molar-refractivity contribution in [2.75, 3.05) is 20.3 Å². The molecule has 0 radical (unpaired) electrons. The van der Waals surface area contributed by atoms with Gasteiger partial charge in [-0.1, -0.05) is 28.1 Å². The zero-order valence-electron chi connectivity index (χ0n) is 9.58. The van der Waals surface area contributed by atoms with Crippen LogP contribution >= 0.6 is 15.9 Å². The van der Waals surface area contributed by atoms with Crippen LogP contribution in [-0.2, 0) is 4.74 Å². The molecule has 3 heteroatoms. The number of hydrogen-bond donors (Lipinski definition) is 1. The number of rotatable bonds is 6. The van der Waals surface area contributed by atoms with Crippen LogP contribution in [0.3, 0.4) is 0 Å². The van der Waals surface area contributed by atoms with Crippen molar-refractivity contribution >= 4 is 15.9 Å². The number of hydrogen-bond acceptors (Lipinski definition) is 2. The molecule has 0 aliphatic heterocycles. The Morgan fingerprint density at radius 1 is 1.38 bits per heavy atom. The summed E-state index contributed by atoms with van der Waals surface area (Å²) in [6, 6.07) is 9.13. The van der Waals surface area contributed by atoms with Crippen LogP contribution in [0.2, 0.25) is 0 Å². The number of methoxy groups -OCH3 is 1. The van der Waals surface area contributed by atoms with Crippen LogP contribution in [0, 0.1) is 5.92 Å². The molecule has 1 saturated carbocycles. The lowest BCUT2D eigenvalue weighted by Gasteiger charge is -2.18. The molecule has 1 aliphatic rings. The summed E-state index contributed by atoms with van der Waals surface area (Å²) < 4.78 is 6.22. The lowest BCUT2D eigenvalue weighted by atomic mass is 10.0. The highest BCUT2D eigenvalue weighted by Crippen LogP contribution is 2.41. The van der Waals surface area contributed by atoms with Crippen LogP contribution in [-0.4, -0.2) is 20.3 Å². The van der Waals surface area contributed by atoms with Gasteiger partial charge in [0.1, 0.15) is 0 Å². The zero-order valence-corrected chi connectivity index (χ0v) is 11.2. The van der Waals surface area contributed by atoms with E-state index in [1.807, 2.05) is 0 Å². The van der Waals surface area contributed by atoms with E-state index in [-0.39, 0.29) is 0 Å². The first-order chi connectivity index (χ1) is 7.81. The molecular weight excluding hydrogens is 266 g/mol. The number of halogens is 1. The van der Waals surface area contributed by atoms with Gasteiger partial charge in [0.05, 0.1) is 6.61 Å². The molecule has 1 aliphatic carbocycles. The average molecular weight is 284 g/mol. The van der Waals surface area contributed by atoms with Gasteiger partial charge >= 0.3 is 0 Å². The zero-order chi connectivity index (χ0) is 11.4. The molecule has 2 rings (SSSR count). The maximum Gasteiger partial charge on any atom is 0.0587 e. The number of nitrogens with one attached hydrogen (secondary N) is 1. The Kier molecular flexibility index (Phi) is 4.38. The Bertz CT molecular complexity index is 321. The van der Waals surface area contributed by atoms with Crippen molar-refractivity contribution in [1.29, 1.82) is 0 Å². The van der Waals surface area contributed by atoms with Gasteiger partial charge in [0, 0.05) is 24.2 Å². The molecule has 1 fully saturated rings. The van der Waals surface area contributed by atoms with E-state index in [0.717, 1.165) is 23.5 Å². The molecule has 88 valence electrons. The van der Waals surface area contributed by atoms with Gasteiger partial charge in [-0.3, -0.25) is 0 Å². The SMILES string of the molecule is COCCNC(c1ccc(Br)cc1)C1CC1. The van der Waals surface area contributed by atoms with Crippen LogP contribution in [0.15, 0.2) is 28.7 Å². The Morgan fingerprint density at radius 3 is 2.62 bits per heavy atom. The molecule has 0 spiro atoms. The predicted molar refractivity (Wildman–Crippen MR) is 69.5 cm³/mol. The van der Waals surface area contributed by atoms with E-state index in [0.29, 0.717) is 6.04 Å². The van der Waals surface area contributed by atoms with Gasteiger partial charge in [-0.25, -0.2) is 0 Å². The molecule has 2 nitrogen and oxygen atoms in total. The second kappa shape index (κ2) is 5.80. The molecule has 0 aromatic heterocycles. The summed E-state index contributed by atoms with van der Waals surface area (Å²) in [7, 11) is 1.74. The van der Waals surface area contributed by atoms with E-state index in [1.54, 1.807) is 7.11 Å². The van der Waals surface area contributed by atoms with E-state index < -0.39 is 0 Å². The third-order valence-electron chi connectivity index (χ3n) is 2.99. The maximum absolute atomic E-state index is 5.08. The van der Waals surface area contributed by atoms with Crippen molar-refractivity contribution in [3.8, 4) is 0 Å². The van der Waals surface area contributed by atoms with Gasteiger partial charge in [0.2, 0.25) is 0 Å². The van der Waals surface area contributed by atoms with Gasteiger partial charge in [-0.15, -0.1) is 0 Å². The van der Waals surface area contributed by atoms with Crippen molar-refractivity contribution < 1.29 is 4.74 Å². The predicted octanol–water partition coefficient (Wildman–Crippen LogP) is 3.14. The maximum atomic E-state index is 5.08. The molecule has 1 atom stereocenters. The molecule has 0 saturated heterocycles. The minimum Gasteiger partial charge on any atom is -0.383 e. The van der Waals surface area contributed by atoms with Crippen molar-refractivity contribution in [1.82, 2.24) is 5.32 Å².